The monoisotopic (exact) mass is 224 g/mol. The summed E-state index contributed by atoms with van der Waals surface area (Å²) in [6.07, 6.45) is 1.73. The highest BCUT2D eigenvalue weighted by Crippen LogP contribution is 2.30. The van der Waals surface area contributed by atoms with Gasteiger partial charge in [-0.2, -0.15) is 4.99 Å². The zero-order chi connectivity index (χ0) is 11.0. The second-order valence-corrected chi connectivity index (χ2v) is 4.54. The third kappa shape index (κ3) is 1.61. The number of carbonyl (C=O) groups is 1. The molecule has 2 N–H and O–H groups in total. The molecule has 1 aromatic heterocycles. The van der Waals surface area contributed by atoms with Crippen LogP contribution >= 0.6 is 11.3 Å². The molecule has 5 nitrogen and oxygen atoms in total. The summed E-state index contributed by atoms with van der Waals surface area (Å²) in [7, 11) is 0. The molecule has 6 heteroatoms. The van der Waals surface area contributed by atoms with Crippen LogP contribution in [0.5, 0.6) is 0 Å². The molecule has 0 fully saturated rings. The molecule has 0 saturated heterocycles. The van der Waals surface area contributed by atoms with Gasteiger partial charge in [-0.05, 0) is 13.8 Å². The molecule has 2 amide bonds. The van der Waals surface area contributed by atoms with Gasteiger partial charge in [0.2, 0.25) is 0 Å². The molecule has 0 aliphatic carbocycles. The van der Waals surface area contributed by atoms with Gasteiger partial charge in [0, 0.05) is 12.2 Å². The zero-order valence-corrected chi connectivity index (χ0v) is 9.36. The lowest BCUT2D eigenvalue weighted by Gasteiger charge is -2.26. The Morgan fingerprint density at radius 1 is 1.60 bits per heavy atom. The summed E-state index contributed by atoms with van der Waals surface area (Å²) in [6, 6.07) is -0.416. The first-order chi connectivity index (χ1) is 7.11. The normalized spacial score (nSPS) is 21.3. The molecule has 2 rings (SSSR count). The van der Waals surface area contributed by atoms with Crippen molar-refractivity contribution in [1.29, 1.82) is 0 Å². The van der Waals surface area contributed by atoms with Gasteiger partial charge in [-0.25, -0.2) is 4.79 Å². The van der Waals surface area contributed by atoms with E-state index in [4.69, 9.17) is 5.73 Å². The van der Waals surface area contributed by atoms with Crippen molar-refractivity contribution in [3.05, 3.63) is 16.6 Å². The van der Waals surface area contributed by atoms with Crippen LogP contribution in [0.25, 0.3) is 0 Å². The summed E-state index contributed by atoms with van der Waals surface area (Å²) < 4.78 is 0. The Hall–Kier alpha value is -1.43. The first kappa shape index (κ1) is 10.1. The van der Waals surface area contributed by atoms with Crippen LogP contribution in [0.2, 0.25) is 0 Å². The number of rotatable bonds is 2. The maximum atomic E-state index is 11.6. The van der Waals surface area contributed by atoms with E-state index >= 15 is 0 Å². The predicted molar refractivity (Wildman–Crippen MR) is 58.8 cm³/mol. The molecule has 0 aromatic carbocycles. The minimum Gasteiger partial charge on any atom is -0.385 e. The van der Waals surface area contributed by atoms with Crippen molar-refractivity contribution in [2.45, 2.75) is 25.9 Å². The van der Waals surface area contributed by atoms with E-state index in [1.54, 1.807) is 16.6 Å². The van der Waals surface area contributed by atoms with Gasteiger partial charge in [0.05, 0.1) is 10.4 Å². The molecule has 1 aliphatic heterocycles. The molecule has 1 unspecified atom stereocenters. The number of nitrogens with zero attached hydrogens (tertiary/aromatic N) is 3. The van der Waals surface area contributed by atoms with Crippen LogP contribution in [0.1, 0.15) is 24.8 Å². The summed E-state index contributed by atoms with van der Waals surface area (Å²) >= 11 is 1.48. The van der Waals surface area contributed by atoms with Gasteiger partial charge in [-0.1, -0.05) is 0 Å². The minimum atomic E-state index is -0.263. The average Bonchev–Trinajstić information content (AvgIpc) is 2.71. The Labute approximate surface area is 91.6 Å². The highest BCUT2D eigenvalue weighted by molar-refractivity contribution is 7.09. The van der Waals surface area contributed by atoms with Crippen LogP contribution in [0, 0.1) is 0 Å². The molecule has 0 bridgehead atoms. The number of amides is 2. The first-order valence-corrected chi connectivity index (χ1v) is 5.54. The third-order valence-corrected chi connectivity index (χ3v) is 3.11. The van der Waals surface area contributed by atoms with E-state index in [1.807, 2.05) is 13.8 Å². The number of aliphatic imine (C=N–C) groups is 1. The van der Waals surface area contributed by atoms with Crippen LogP contribution in [0.4, 0.5) is 4.79 Å². The Kier molecular flexibility index (Phi) is 2.44. The lowest BCUT2D eigenvalue weighted by atomic mass is 10.2. The molecule has 0 saturated carbocycles. The second kappa shape index (κ2) is 3.62. The van der Waals surface area contributed by atoms with Crippen molar-refractivity contribution < 1.29 is 4.79 Å². The van der Waals surface area contributed by atoms with Gasteiger partial charge in [0.25, 0.3) is 0 Å². The van der Waals surface area contributed by atoms with Crippen LogP contribution in [-0.4, -0.2) is 27.8 Å². The van der Waals surface area contributed by atoms with Gasteiger partial charge in [-0.15, -0.1) is 11.3 Å². The molecular formula is C9H12N4OS. The number of aromatic nitrogens is 1. The van der Waals surface area contributed by atoms with Gasteiger partial charge < -0.3 is 10.6 Å². The van der Waals surface area contributed by atoms with Crippen LogP contribution in [0.3, 0.4) is 0 Å². The minimum absolute atomic E-state index is 0.0781. The topological polar surface area (TPSA) is 71.6 Å². The van der Waals surface area contributed by atoms with E-state index in [1.165, 1.54) is 11.3 Å². The molecule has 80 valence electrons. The van der Waals surface area contributed by atoms with Crippen molar-refractivity contribution >= 4 is 23.2 Å². The van der Waals surface area contributed by atoms with Crippen molar-refractivity contribution in [1.82, 2.24) is 9.88 Å². The number of thiazole rings is 1. The molecular weight excluding hydrogens is 212 g/mol. The lowest BCUT2D eigenvalue weighted by Crippen LogP contribution is -2.37. The Morgan fingerprint density at radius 3 is 2.87 bits per heavy atom. The highest BCUT2D eigenvalue weighted by Gasteiger charge is 2.36. The smallest absolute Gasteiger partial charge is 0.346 e. The number of hydrogen-bond acceptors (Lipinski definition) is 4. The Morgan fingerprint density at radius 2 is 2.33 bits per heavy atom. The van der Waals surface area contributed by atoms with Crippen molar-refractivity contribution in [2.75, 3.05) is 0 Å². The first-order valence-electron chi connectivity index (χ1n) is 4.66. The quantitative estimate of drug-likeness (QED) is 0.825. The maximum Gasteiger partial charge on any atom is 0.346 e. The Balaban J connectivity index is 2.37. The maximum absolute atomic E-state index is 11.6. The number of hydrogen-bond donors (Lipinski definition) is 1. The summed E-state index contributed by atoms with van der Waals surface area (Å²) in [5.41, 5.74) is 7.48. The number of amidine groups is 1. The van der Waals surface area contributed by atoms with Gasteiger partial charge in [0.15, 0.2) is 0 Å². The summed E-state index contributed by atoms with van der Waals surface area (Å²) in [5, 5.41) is 0. The van der Waals surface area contributed by atoms with E-state index < -0.39 is 0 Å². The van der Waals surface area contributed by atoms with Crippen LogP contribution < -0.4 is 5.73 Å². The van der Waals surface area contributed by atoms with Gasteiger partial charge in [0.1, 0.15) is 11.9 Å². The largest absolute Gasteiger partial charge is 0.385 e. The standard InChI is InChI=1S/C9H12N4OS/c1-5(2)13-7(6-3-11-4-15-6)8(10)12-9(13)14/h3-5,7H,1-2H3,(H2,10,12,14). The predicted octanol–water partition coefficient (Wildman–Crippen LogP) is 1.39. The van der Waals surface area contributed by atoms with Crippen molar-refractivity contribution in [3.8, 4) is 0 Å². The van der Waals surface area contributed by atoms with E-state index in [0.29, 0.717) is 5.84 Å². The SMILES string of the molecule is CC(C)N1C(=O)N=C(N)C1c1cncs1. The summed E-state index contributed by atoms with van der Waals surface area (Å²) in [4.78, 5) is 22.0. The van der Waals surface area contributed by atoms with Crippen LogP contribution in [0.15, 0.2) is 16.7 Å². The average molecular weight is 224 g/mol. The summed E-state index contributed by atoms with van der Waals surface area (Å²) in [6.45, 7) is 3.89. The highest BCUT2D eigenvalue weighted by atomic mass is 32.1. The number of nitrogens with two attached hydrogens (primary N) is 1. The fourth-order valence-corrected chi connectivity index (χ4v) is 2.37. The summed E-state index contributed by atoms with van der Waals surface area (Å²) in [5.74, 6) is 0.359. The van der Waals surface area contributed by atoms with E-state index in [-0.39, 0.29) is 18.1 Å². The molecule has 1 aliphatic rings. The number of urea groups is 1. The van der Waals surface area contributed by atoms with Gasteiger partial charge >= 0.3 is 6.03 Å². The van der Waals surface area contributed by atoms with E-state index in [9.17, 15) is 4.79 Å². The third-order valence-electron chi connectivity index (χ3n) is 2.28. The molecule has 0 spiro atoms. The van der Waals surface area contributed by atoms with E-state index in [0.717, 1.165) is 4.88 Å². The molecule has 1 aromatic rings. The molecule has 0 radical (unpaired) electrons. The van der Waals surface area contributed by atoms with Crippen molar-refractivity contribution in [2.24, 2.45) is 10.7 Å². The van der Waals surface area contributed by atoms with E-state index in [2.05, 4.69) is 9.98 Å². The van der Waals surface area contributed by atoms with Crippen LogP contribution in [-0.2, 0) is 0 Å². The Bertz CT molecular complexity index is 398. The van der Waals surface area contributed by atoms with Gasteiger partial charge in [-0.3, -0.25) is 4.98 Å². The lowest BCUT2D eigenvalue weighted by molar-refractivity contribution is 0.191. The molecule has 2 heterocycles. The molecule has 15 heavy (non-hydrogen) atoms. The second-order valence-electron chi connectivity index (χ2n) is 3.63. The fraction of sp³-hybridized carbons (Fsp3) is 0.444. The fourth-order valence-electron chi connectivity index (χ4n) is 1.64. The number of carbonyl (C=O) groups excluding carboxylic acids is 1. The zero-order valence-electron chi connectivity index (χ0n) is 8.54. The molecule has 1 atom stereocenters. The van der Waals surface area contributed by atoms with Crippen molar-refractivity contribution in [3.63, 3.8) is 0 Å².